The molecule has 0 unspecified atom stereocenters. The van der Waals surface area contributed by atoms with Crippen molar-refractivity contribution in [2.45, 2.75) is 32.7 Å². The Hall–Kier alpha value is -2.09. The summed E-state index contributed by atoms with van der Waals surface area (Å²) in [6.45, 7) is 5.88. The van der Waals surface area contributed by atoms with E-state index >= 15 is 0 Å². The van der Waals surface area contributed by atoms with Gasteiger partial charge in [0.2, 0.25) is 15.9 Å². The zero-order valence-electron chi connectivity index (χ0n) is 13.0. The van der Waals surface area contributed by atoms with Crippen LogP contribution in [-0.2, 0) is 10.0 Å². The van der Waals surface area contributed by atoms with Crippen molar-refractivity contribution in [1.29, 1.82) is 0 Å². The fourth-order valence-electron chi connectivity index (χ4n) is 1.86. The van der Waals surface area contributed by atoms with Crippen LogP contribution in [0.25, 0.3) is 0 Å². The summed E-state index contributed by atoms with van der Waals surface area (Å²) in [4.78, 5) is 4.34. The van der Waals surface area contributed by atoms with Gasteiger partial charge < -0.3 is 9.84 Å². The third kappa shape index (κ3) is 4.45. The number of rotatable bonds is 6. The minimum Gasteiger partial charge on any atom is -0.374 e. The number of hydrogen-bond donors (Lipinski definition) is 2. The van der Waals surface area contributed by atoms with Crippen molar-refractivity contribution in [3.63, 3.8) is 0 Å². The molecule has 2 rings (SSSR count). The van der Waals surface area contributed by atoms with Gasteiger partial charge in [0, 0.05) is 11.6 Å². The molecule has 0 spiro atoms. The van der Waals surface area contributed by atoms with Gasteiger partial charge >= 0.3 is 0 Å². The van der Waals surface area contributed by atoms with Crippen molar-refractivity contribution in [2.75, 3.05) is 16.3 Å². The van der Waals surface area contributed by atoms with E-state index in [4.69, 9.17) is 4.52 Å². The third-order valence-corrected chi connectivity index (χ3v) is 3.50. The van der Waals surface area contributed by atoms with E-state index in [2.05, 4.69) is 20.2 Å². The molecule has 0 bridgehead atoms. The van der Waals surface area contributed by atoms with E-state index in [1.165, 1.54) is 0 Å². The van der Waals surface area contributed by atoms with Crippen LogP contribution in [0, 0.1) is 0 Å². The van der Waals surface area contributed by atoms with Gasteiger partial charge in [-0.25, -0.2) is 8.42 Å². The van der Waals surface area contributed by atoms with E-state index in [9.17, 15) is 8.42 Å². The maximum atomic E-state index is 11.3. The molecule has 1 atom stereocenters. The summed E-state index contributed by atoms with van der Waals surface area (Å²) in [7, 11) is -3.30. The molecule has 1 heterocycles. The molecule has 0 aliphatic carbocycles. The Balaban J connectivity index is 2.10. The standard InChI is InChI=1S/C14H20N4O3S/c1-9(2)13-16-14(21-17-13)10(3)15-11-6-5-7-12(8-11)18-22(4,19)20/h5-10,15,18H,1-4H3/t10-/m0/s1. The van der Waals surface area contributed by atoms with Gasteiger partial charge in [-0.1, -0.05) is 25.1 Å². The van der Waals surface area contributed by atoms with Gasteiger partial charge in [-0.05, 0) is 25.1 Å². The van der Waals surface area contributed by atoms with Crippen molar-refractivity contribution < 1.29 is 12.9 Å². The van der Waals surface area contributed by atoms with E-state index in [-0.39, 0.29) is 12.0 Å². The second-order valence-corrected chi connectivity index (χ2v) is 7.22. The maximum Gasteiger partial charge on any atom is 0.248 e. The molecule has 22 heavy (non-hydrogen) atoms. The highest BCUT2D eigenvalue weighted by atomic mass is 32.2. The first kappa shape index (κ1) is 16.3. The minimum absolute atomic E-state index is 0.187. The molecule has 1 aromatic heterocycles. The normalized spacial score (nSPS) is 13.1. The first-order chi connectivity index (χ1) is 10.2. The number of hydrogen-bond acceptors (Lipinski definition) is 6. The molecule has 0 amide bonds. The second-order valence-electron chi connectivity index (χ2n) is 5.47. The van der Waals surface area contributed by atoms with Gasteiger partial charge in [0.15, 0.2) is 5.82 Å². The maximum absolute atomic E-state index is 11.3. The van der Waals surface area contributed by atoms with Crippen molar-refractivity contribution >= 4 is 21.4 Å². The van der Waals surface area contributed by atoms with Crippen LogP contribution >= 0.6 is 0 Å². The summed E-state index contributed by atoms with van der Waals surface area (Å²) in [5, 5.41) is 7.13. The van der Waals surface area contributed by atoms with E-state index in [1.54, 1.807) is 18.2 Å². The highest BCUT2D eigenvalue weighted by Gasteiger charge is 2.16. The molecule has 120 valence electrons. The lowest BCUT2D eigenvalue weighted by atomic mass is 10.2. The van der Waals surface area contributed by atoms with E-state index < -0.39 is 10.0 Å². The molecular formula is C14H20N4O3S. The summed E-state index contributed by atoms with van der Waals surface area (Å²) < 4.78 is 30.2. The smallest absolute Gasteiger partial charge is 0.248 e. The summed E-state index contributed by atoms with van der Waals surface area (Å²) in [6.07, 6.45) is 1.11. The van der Waals surface area contributed by atoms with Gasteiger partial charge in [0.1, 0.15) is 6.04 Å². The first-order valence-electron chi connectivity index (χ1n) is 6.92. The molecule has 0 saturated carbocycles. The van der Waals surface area contributed by atoms with Crippen LogP contribution in [0.3, 0.4) is 0 Å². The lowest BCUT2D eigenvalue weighted by Crippen LogP contribution is -2.11. The fraction of sp³-hybridized carbons (Fsp3) is 0.429. The van der Waals surface area contributed by atoms with Gasteiger partial charge in [-0.15, -0.1) is 0 Å². The predicted octanol–water partition coefficient (Wildman–Crippen LogP) is 2.74. The topological polar surface area (TPSA) is 97.1 Å². The highest BCUT2D eigenvalue weighted by molar-refractivity contribution is 7.92. The number of aromatic nitrogens is 2. The molecule has 0 aliphatic rings. The number of nitrogens with one attached hydrogen (secondary N) is 2. The monoisotopic (exact) mass is 324 g/mol. The molecule has 8 heteroatoms. The average Bonchev–Trinajstić information content (AvgIpc) is 2.86. The van der Waals surface area contributed by atoms with E-state index in [1.807, 2.05) is 26.8 Å². The SMILES string of the molecule is CC(C)c1noc([C@H](C)Nc2cccc(NS(C)(=O)=O)c2)n1. The third-order valence-electron chi connectivity index (χ3n) is 2.89. The largest absolute Gasteiger partial charge is 0.374 e. The molecule has 0 radical (unpaired) electrons. The number of benzene rings is 1. The lowest BCUT2D eigenvalue weighted by molar-refractivity contribution is 0.361. The summed E-state index contributed by atoms with van der Waals surface area (Å²) in [5.74, 6) is 1.35. The fourth-order valence-corrected chi connectivity index (χ4v) is 2.41. The number of sulfonamides is 1. The van der Waals surface area contributed by atoms with Crippen LogP contribution in [0.1, 0.15) is 44.4 Å². The summed E-state index contributed by atoms with van der Waals surface area (Å²) in [5.41, 5.74) is 1.25. The van der Waals surface area contributed by atoms with Crippen molar-refractivity contribution in [3.05, 3.63) is 36.0 Å². The average molecular weight is 324 g/mol. The Labute approximate surface area is 130 Å². The van der Waals surface area contributed by atoms with Crippen LogP contribution in [0.4, 0.5) is 11.4 Å². The Morgan fingerprint density at radius 2 is 1.86 bits per heavy atom. The number of nitrogens with zero attached hydrogens (tertiary/aromatic N) is 2. The second kappa shape index (κ2) is 6.35. The Kier molecular flexibility index (Phi) is 4.70. The van der Waals surface area contributed by atoms with Crippen molar-refractivity contribution in [1.82, 2.24) is 10.1 Å². The van der Waals surface area contributed by atoms with Gasteiger partial charge in [0.05, 0.1) is 11.9 Å². The summed E-state index contributed by atoms with van der Waals surface area (Å²) in [6, 6.07) is 6.80. The van der Waals surface area contributed by atoms with Gasteiger partial charge in [-0.2, -0.15) is 4.98 Å². The molecule has 0 aliphatic heterocycles. The highest BCUT2D eigenvalue weighted by Crippen LogP contribution is 2.22. The summed E-state index contributed by atoms with van der Waals surface area (Å²) >= 11 is 0. The minimum atomic E-state index is -3.30. The quantitative estimate of drug-likeness (QED) is 0.848. The first-order valence-corrected chi connectivity index (χ1v) is 8.81. The van der Waals surface area contributed by atoms with Crippen LogP contribution in [-0.4, -0.2) is 24.8 Å². The molecular weight excluding hydrogens is 304 g/mol. The van der Waals surface area contributed by atoms with Crippen LogP contribution in [0.15, 0.2) is 28.8 Å². The lowest BCUT2D eigenvalue weighted by Gasteiger charge is -2.12. The molecule has 2 aromatic rings. The van der Waals surface area contributed by atoms with Crippen molar-refractivity contribution in [3.8, 4) is 0 Å². The Bertz CT molecular complexity index is 740. The van der Waals surface area contributed by atoms with Crippen LogP contribution < -0.4 is 10.0 Å². The van der Waals surface area contributed by atoms with Crippen LogP contribution in [0.2, 0.25) is 0 Å². The zero-order chi connectivity index (χ0) is 16.3. The molecule has 0 fully saturated rings. The Morgan fingerprint density at radius 3 is 2.45 bits per heavy atom. The van der Waals surface area contributed by atoms with Gasteiger partial charge in [-0.3, -0.25) is 4.72 Å². The van der Waals surface area contributed by atoms with Crippen LogP contribution in [0.5, 0.6) is 0 Å². The molecule has 1 aromatic carbocycles. The number of anilines is 2. The zero-order valence-corrected chi connectivity index (χ0v) is 13.8. The molecule has 0 saturated heterocycles. The predicted molar refractivity (Wildman–Crippen MR) is 85.3 cm³/mol. The van der Waals surface area contributed by atoms with E-state index in [0.717, 1.165) is 11.9 Å². The van der Waals surface area contributed by atoms with Gasteiger partial charge in [0.25, 0.3) is 0 Å². The van der Waals surface area contributed by atoms with Crippen molar-refractivity contribution in [2.24, 2.45) is 0 Å². The molecule has 7 nitrogen and oxygen atoms in total. The van der Waals surface area contributed by atoms with E-state index in [0.29, 0.717) is 17.4 Å². The Morgan fingerprint density at radius 1 is 1.18 bits per heavy atom. The molecule has 2 N–H and O–H groups in total.